The number of allylic oxidation sites excluding steroid dienone is 28. The Labute approximate surface area is 635 Å². The van der Waals surface area contributed by atoms with Gasteiger partial charge in [0, 0.05) is 12.8 Å². The summed E-state index contributed by atoms with van der Waals surface area (Å²) in [6.45, 7) is 4.54. The van der Waals surface area contributed by atoms with Crippen LogP contribution in [0.3, 0.4) is 0 Å². The van der Waals surface area contributed by atoms with E-state index in [4.69, 9.17) is 18.9 Å². The summed E-state index contributed by atoms with van der Waals surface area (Å²) < 4.78 is 22.9. The lowest BCUT2D eigenvalue weighted by atomic mass is 10.0. The number of quaternary nitrogens is 1. The van der Waals surface area contributed by atoms with E-state index in [1.807, 2.05) is 21.1 Å². The molecule has 0 fully saturated rings. The molecule has 586 valence electrons. The smallest absolute Gasteiger partial charge is 0.306 e. The quantitative estimate of drug-likeness (QED) is 0.0195. The Morgan fingerprint density at radius 3 is 0.777 bits per heavy atom. The van der Waals surface area contributed by atoms with Crippen LogP contribution in [0, 0.1) is 0 Å². The first kappa shape index (κ1) is 97.7. The number of hydrogen-bond donors (Lipinski definition) is 0. The van der Waals surface area contributed by atoms with Crippen molar-refractivity contribution >= 4 is 17.9 Å². The normalized spacial score (nSPS) is 13.5. The molecule has 0 aliphatic carbocycles. The highest BCUT2D eigenvalue weighted by atomic mass is 16.7. The van der Waals surface area contributed by atoms with Gasteiger partial charge in [0.2, 0.25) is 0 Å². The summed E-state index contributed by atoms with van der Waals surface area (Å²) in [5.74, 6) is -2.28. The molecule has 2 atom stereocenters. The zero-order chi connectivity index (χ0) is 74.6. The predicted molar refractivity (Wildman–Crippen MR) is 444 cm³/mol. The van der Waals surface area contributed by atoms with Crippen LogP contribution in [0.15, 0.2) is 170 Å². The van der Waals surface area contributed by atoms with Gasteiger partial charge in [-0.2, -0.15) is 0 Å². The number of esters is 2. The molecule has 2 unspecified atom stereocenters. The molecule has 0 saturated heterocycles. The molecular formula is C94H157NO8. The van der Waals surface area contributed by atoms with Gasteiger partial charge < -0.3 is 33.3 Å². The standard InChI is InChI=1S/C94H157NO8/c1-6-8-10-12-14-16-18-20-22-24-26-28-30-32-34-36-38-40-42-44-46-48-50-52-54-56-58-60-62-64-66-68-70-72-74-76-78-80-82-84-91(96)101-88-90(89-102-94(93(98)99)100-87-86-95(3,4)5)103-92(97)85-83-81-79-77-75-73-71-69-67-65-63-61-59-57-55-53-51-49-47-45-43-41-39-37-35-33-31-29-27-25-23-21-19-17-15-13-11-9-7-2/h8-11,14-17,20-23,26-29,32-35,38-41,45,47,51,53,90,94H,6-7,12-13,18-19,24-25,30-31,36-37,42-44,46,48-50,52,54-89H2,1-5H3/b10-8-,11-9-,16-14-,17-15-,22-20-,23-21-,28-26-,29-27-,34-32-,35-33-,40-38-,41-39-,47-45-,53-51-. The highest BCUT2D eigenvalue weighted by Gasteiger charge is 2.22. The van der Waals surface area contributed by atoms with Crippen molar-refractivity contribution in [2.75, 3.05) is 47.5 Å². The fraction of sp³-hybridized carbons (Fsp3) is 0.670. The van der Waals surface area contributed by atoms with E-state index < -0.39 is 24.3 Å². The molecule has 0 aliphatic rings. The molecule has 0 aromatic rings. The number of carbonyl (C=O) groups excluding carboxylic acids is 3. The van der Waals surface area contributed by atoms with Gasteiger partial charge in [0.15, 0.2) is 12.4 Å². The molecule has 0 bridgehead atoms. The van der Waals surface area contributed by atoms with Crippen molar-refractivity contribution in [1.29, 1.82) is 0 Å². The number of hydrogen-bond acceptors (Lipinski definition) is 8. The fourth-order valence-corrected chi connectivity index (χ4v) is 11.6. The summed E-state index contributed by atoms with van der Waals surface area (Å²) >= 11 is 0. The van der Waals surface area contributed by atoms with Crippen LogP contribution in [-0.2, 0) is 33.3 Å². The van der Waals surface area contributed by atoms with Gasteiger partial charge in [0.1, 0.15) is 13.2 Å². The van der Waals surface area contributed by atoms with E-state index in [1.54, 1.807) is 0 Å². The van der Waals surface area contributed by atoms with Crippen LogP contribution in [0.2, 0.25) is 0 Å². The van der Waals surface area contributed by atoms with Crippen molar-refractivity contribution in [2.24, 2.45) is 0 Å². The van der Waals surface area contributed by atoms with Crippen LogP contribution in [0.1, 0.15) is 348 Å². The van der Waals surface area contributed by atoms with Gasteiger partial charge in [-0.05, 0) is 128 Å². The van der Waals surface area contributed by atoms with E-state index in [1.165, 1.54) is 186 Å². The highest BCUT2D eigenvalue weighted by Crippen LogP contribution is 2.18. The van der Waals surface area contributed by atoms with Crippen LogP contribution in [0.4, 0.5) is 0 Å². The van der Waals surface area contributed by atoms with E-state index in [-0.39, 0.29) is 38.6 Å². The maximum atomic E-state index is 13.0. The fourth-order valence-electron chi connectivity index (χ4n) is 11.6. The SMILES string of the molecule is CC/C=C\C/C=C\C/C=C\C/C=C\C/C=C\C/C=C\C/C=C\C/C=C\CCCCCCCCCCCCCCCCC(=O)OC(COC(=O)CCCCCCCCCCCCCCCCCCCCCC/C=C\C/C=C\C/C=C\C/C=C\C/C=C\C/C=C\CC)COC(OCC[N+](C)(C)C)C(=O)[O-]. The van der Waals surface area contributed by atoms with Crippen LogP contribution in [-0.4, -0.2) is 82.3 Å². The molecule has 0 amide bonds. The van der Waals surface area contributed by atoms with Crippen molar-refractivity contribution in [3.63, 3.8) is 0 Å². The molecule has 0 radical (unpaired) electrons. The molecule has 9 heteroatoms. The topological polar surface area (TPSA) is 111 Å². The van der Waals surface area contributed by atoms with Crippen LogP contribution >= 0.6 is 0 Å². The van der Waals surface area contributed by atoms with Gasteiger partial charge in [0.05, 0.1) is 40.3 Å². The summed E-state index contributed by atoms with van der Waals surface area (Å²) in [6.07, 6.45) is 121. The second kappa shape index (κ2) is 82.3. The molecule has 0 aromatic heterocycles. The average Bonchev–Trinajstić information content (AvgIpc) is 0.985. The third-order valence-electron chi connectivity index (χ3n) is 18.0. The number of carboxylic acid groups (broad SMARTS) is 1. The van der Waals surface area contributed by atoms with Crippen molar-refractivity contribution in [3.8, 4) is 0 Å². The Bertz CT molecular complexity index is 2310. The zero-order valence-corrected chi connectivity index (χ0v) is 67.1. The van der Waals surface area contributed by atoms with E-state index in [0.717, 1.165) is 128 Å². The molecule has 0 saturated carbocycles. The maximum Gasteiger partial charge on any atom is 0.306 e. The minimum atomic E-state index is -1.63. The first-order valence-electron chi connectivity index (χ1n) is 42.3. The number of carboxylic acids is 1. The third-order valence-corrected chi connectivity index (χ3v) is 18.0. The number of nitrogens with zero attached hydrogens (tertiary/aromatic N) is 1. The maximum absolute atomic E-state index is 13.0. The number of likely N-dealkylation sites (N-methyl/N-ethyl adjacent to an activating group) is 1. The van der Waals surface area contributed by atoms with Crippen LogP contribution in [0.25, 0.3) is 0 Å². The number of carbonyl (C=O) groups is 3. The summed E-state index contributed by atoms with van der Waals surface area (Å²) in [5, 5.41) is 11.9. The average molecular weight is 1430 g/mol. The second-order valence-electron chi connectivity index (χ2n) is 29.0. The Balaban J connectivity index is 4.02. The van der Waals surface area contributed by atoms with E-state index in [9.17, 15) is 19.5 Å². The van der Waals surface area contributed by atoms with Gasteiger partial charge in [0.25, 0.3) is 0 Å². The van der Waals surface area contributed by atoms with Crippen molar-refractivity contribution < 1.29 is 42.9 Å². The molecule has 0 spiro atoms. The Hall–Kier alpha value is -5.35. The van der Waals surface area contributed by atoms with Crippen LogP contribution in [0.5, 0.6) is 0 Å². The van der Waals surface area contributed by atoms with E-state index >= 15 is 0 Å². The minimum absolute atomic E-state index is 0.143. The summed E-state index contributed by atoms with van der Waals surface area (Å²) in [5.41, 5.74) is 0. The molecular weight excluding hydrogens is 1270 g/mol. The Morgan fingerprint density at radius 2 is 0.524 bits per heavy atom. The Morgan fingerprint density at radius 1 is 0.291 bits per heavy atom. The number of aliphatic carboxylic acids is 1. The lowest BCUT2D eigenvalue weighted by molar-refractivity contribution is -0.870. The van der Waals surface area contributed by atoms with Crippen LogP contribution < -0.4 is 5.11 Å². The first-order valence-corrected chi connectivity index (χ1v) is 42.3. The van der Waals surface area contributed by atoms with Crippen molar-refractivity contribution in [3.05, 3.63) is 170 Å². The van der Waals surface area contributed by atoms with Gasteiger partial charge in [-0.1, -0.05) is 377 Å². The minimum Gasteiger partial charge on any atom is -0.545 e. The van der Waals surface area contributed by atoms with Crippen molar-refractivity contribution in [1.82, 2.24) is 0 Å². The van der Waals surface area contributed by atoms with Gasteiger partial charge in [-0.3, -0.25) is 9.59 Å². The molecule has 0 aromatic carbocycles. The van der Waals surface area contributed by atoms with Gasteiger partial charge >= 0.3 is 11.9 Å². The van der Waals surface area contributed by atoms with Crippen molar-refractivity contribution in [2.45, 2.75) is 360 Å². The predicted octanol–water partition coefficient (Wildman–Crippen LogP) is 26.4. The van der Waals surface area contributed by atoms with Gasteiger partial charge in [-0.15, -0.1) is 0 Å². The Kier molecular flexibility index (Phi) is 78.0. The molecule has 103 heavy (non-hydrogen) atoms. The number of unbranched alkanes of at least 4 members (excludes halogenated alkanes) is 34. The lowest BCUT2D eigenvalue weighted by Gasteiger charge is -2.26. The molecule has 0 aliphatic heterocycles. The number of rotatable bonds is 77. The molecule has 9 nitrogen and oxygen atoms in total. The number of ether oxygens (including phenoxy) is 4. The van der Waals surface area contributed by atoms with E-state index in [2.05, 4.69) is 184 Å². The van der Waals surface area contributed by atoms with Gasteiger partial charge in [-0.25, -0.2) is 0 Å². The zero-order valence-electron chi connectivity index (χ0n) is 67.1. The third kappa shape index (κ3) is 83.8. The molecule has 0 rings (SSSR count). The first-order chi connectivity index (χ1) is 50.6. The lowest BCUT2D eigenvalue weighted by Crippen LogP contribution is -2.44. The summed E-state index contributed by atoms with van der Waals surface area (Å²) in [7, 11) is 5.94. The second-order valence-corrected chi connectivity index (χ2v) is 29.0. The monoisotopic (exact) mass is 1430 g/mol. The molecule has 0 heterocycles. The highest BCUT2D eigenvalue weighted by molar-refractivity contribution is 5.70. The largest absolute Gasteiger partial charge is 0.545 e. The van der Waals surface area contributed by atoms with E-state index in [0.29, 0.717) is 17.4 Å². The molecule has 0 N–H and O–H groups in total. The summed E-state index contributed by atoms with van der Waals surface area (Å²) in [4.78, 5) is 37.7. The summed E-state index contributed by atoms with van der Waals surface area (Å²) in [6, 6.07) is 0.